The lowest BCUT2D eigenvalue weighted by Crippen LogP contribution is -2.32. The predicted octanol–water partition coefficient (Wildman–Crippen LogP) is 2.97. The molecule has 1 aliphatic rings. The molecule has 1 aliphatic heterocycles. The number of nitrogens with zero attached hydrogens (tertiary/aromatic N) is 1. The lowest BCUT2D eigenvalue weighted by molar-refractivity contribution is 0.264. The third-order valence-corrected chi connectivity index (χ3v) is 3.71. The van der Waals surface area contributed by atoms with Gasteiger partial charge in [0.2, 0.25) is 0 Å². The van der Waals surface area contributed by atoms with Crippen molar-refractivity contribution in [2.45, 2.75) is 12.5 Å². The summed E-state index contributed by atoms with van der Waals surface area (Å²) in [6, 6.07) is 16.5. The third kappa shape index (κ3) is 1.89. The molecule has 18 heavy (non-hydrogen) atoms. The van der Waals surface area contributed by atoms with Gasteiger partial charge in [0.1, 0.15) is 5.75 Å². The Balaban J connectivity index is 2.12. The van der Waals surface area contributed by atoms with E-state index in [1.54, 1.807) is 6.07 Å². The molecule has 3 rings (SSSR count). The molecule has 0 saturated heterocycles. The van der Waals surface area contributed by atoms with Crippen LogP contribution >= 0.6 is 0 Å². The fourth-order valence-electron chi connectivity index (χ4n) is 2.80. The van der Waals surface area contributed by atoms with E-state index < -0.39 is 0 Å². The van der Waals surface area contributed by atoms with Crippen LogP contribution in [0.25, 0.3) is 0 Å². The Hall–Kier alpha value is -1.80. The molecule has 2 aromatic rings. The molecule has 0 radical (unpaired) electrons. The molecule has 0 amide bonds. The Morgan fingerprint density at radius 3 is 2.67 bits per heavy atom. The normalized spacial score (nSPS) is 19.5. The zero-order valence-corrected chi connectivity index (χ0v) is 10.5. The largest absolute Gasteiger partial charge is 0.508 e. The molecule has 2 aromatic carbocycles. The summed E-state index contributed by atoms with van der Waals surface area (Å²) < 4.78 is 0. The van der Waals surface area contributed by atoms with E-state index in [9.17, 15) is 5.11 Å². The first-order valence-electron chi connectivity index (χ1n) is 6.32. The van der Waals surface area contributed by atoms with Crippen molar-refractivity contribution < 1.29 is 5.11 Å². The van der Waals surface area contributed by atoms with Gasteiger partial charge < -0.3 is 5.11 Å². The van der Waals surface area contributed by atoms with E-state index in [1.807, 2.05) is 18.2 Å². The highest BCUT2D eigenvalue weighted by atomic mass is 16.3. The fourth-order valence-corrected chi connectivity index (χ4v) is 2.80. The maximum absolute atomic E-state index is 9.72. The van der Waals surface area contributed by atoms with Crippen LogP contribution in [0, 0.1) is 0 Å². The second-order valence-corrected chi connectivity index (χ2v) is 4.93. The van der Waals surface area contributed by atoms with Crippen molar-refractivity contribution in [3.63, 3.8) is 0 Å². The van der Waals surface area contributed by atoms with E-state index in [4.69, 9.17) is 0 Å². The second kappa shape index (κ2) is 4.46. The Morgan fingerprint density at radius 1 is 1.11 bits per heavy atom. The van der Waals surface area contributed by atoms with Crippen LogP contribution in [0.1, 0.15) is 22.7 Å². The van der Waals surface area contributed by atoms with Crippen LogP contribution in [0.3, 0.4) is 0 Å². The number of phenols is 1. The van der Waals surface area contributed by atoms with E-state index in [2.05, 4.69) is 36.2 Å². The zero-order valence-electron chi connectivity index (χ0n) is 10.5. The summed E-state index contributed by atoms with van der Waals surface area (Å²) in [5.74, 6) is 0.352. The summed E-state index contributed by atoms with van der Waals surface area (Å²) in [6.07, 6.45) is 1.05. The van der Waals surface area contributed by atoms with Crippen molar-refractivity contribution in [2.24, 2.45) is 0 Å². The average molecular weight is 239 g/mol. The molecule has 0 aromatic heterocycles. The molecule has 0 spiro atoms. The summed E-state index contributed by atoms with van der Waals surface area (Å²) in [6.45, 7) is 1.05. The second-order valence-electron chi connectivity index (χ2n) is 4.93. The first-order chi connectivity index (χ1) is 8.75. The van der Waals surface area contributed by atoms with Gasteiger partial charge in [-0.15, -0.1) is 0 Å². The minimum Gasteiger partial charge on any atom is -0.508 e. The molecule has 0 bridgehead atoms. The molecular weight excluding hydrogens is 222 g/mol. The van der Waals surface area contributed by atoms with E-state index >= 15 is 0 Å². The summed E-state index contributed by atoms with van der Waals surface area (Å²) >= 11 is 0. The Kier molecular flexibility index (Phi) is 2.80. The van der Waals surface area contributed by atoms with Crippen molar-refractivity contribution in [2.75, 3.05) is 13.6 Å². The number of rotatable bonds is 1. The molecule has 1 heterocycles. The number of aromatic hydroxyl groups is 1. The predicted molar refractivity (Wildman–Crippen MR) is 72.7 cm³/mol. The Morgan fingerprint density at radius 2 is 1.89 bits per heavy atom. The van der Waals surface area contributed by atoms with E-state index in [0.29, 0.717) is 5.75 Å². The van der Waals surface area contributed by atoms with E-state index in [1.165, 1.54) is 16.7 Å². The SMILES string of the molecule is CN1CCc2ccc(O)cc2C1c1ccccc1. The molecule has 1 atom stereocenters. The van der Waals surface area contributed by atoms with Crippen LogP contribution in [0.5, 0.6) is 5.75 Å². The molecule has 0 saturated carbocycles. The van der Waals surface area contributed by atoms with Gasteiger partial charge in [-0.3, -0.25) is 4.90 Å². The highest BCUT2D eigenvalue weighted by Crippen LogP contribution is 2.35. The first kappa shape index (κ1) is 11.3. The fraction of sp³-hybridized carbons (Fsp3) is 0.250. The minimum atomic E-state index is 0.252. The van der Waals surface area contributed by atoms with Gasteiger partial charge in [0, 0.05) is 6.54 Å². The number of hydrogen-bond donors (Lipinski definition) is 1. The topological polar surface area (TPSA) is 23.5 Å². The molecule has 2 heteroatoms. The standard InChI is InChI=1S/C16H17NO/c1-17-10-9-12-7-8-14(18)11-15(12)16(17)13-5-3-2-4-6-13/h2-8,11,16,18H,9-10H2,1H3. The van der Waals surface area contributed by atoms with Gasteiger partial charge in [-0.05, 0) is 42.3 Å². The summed E-state index contributed by atoms with van der Waals surface area (Å²) in [5, 5.41) is 9.72. The van der Waals surface area contributed by atoms with Gasteiger partial charge in [-0.25, -0.2) is 0 Å². The van der Waals surface area contributed by atoms with Gasteiger partial charge in [0.05, 0.1) is 6.04 Å². The molecule has 0 fully saturated rings. The number of fused-ring (bicyclic) bond motifs is 1. The maximum Gasteiger partial charge on any atom is 0.115 e. The smallest absolute Gasteiger partial charge is 0.115 e. The van der Waals surface area contributed by atoms with Gasteiger partial charge in [0.15, 0.2) is 0 Å². The van der Waals surface area contributed by atoms with Crippen molar-refractivity contribution in [3.05, 3.63) is 65.2 Å². The molecule has 1 unspecified atom stereocenters. The zero-order chi connectivity index (χ0) is 12.5. The van der Waals surface area contributed by atoms with Crippen LogP contribution < -0.4 is 0 Å². The van der Waals surface area contributed by atoms with Crippen LogP contribution in [-0.4, -0.2) is 23.6 Å². The molecule has 92 valence electrons. The van der Waals surface area contributed by atoms with Gasteiger partial charge >= 0.3 is 0 Å². The highest BCUT2D eigenvalue weighted by Gasteiger charge is 2.26. The maximum atomic E-state index is 9.72. The van der Waals surface area contributed by atoms with Gasteiger partial charge in [0.25, 0.3) is 0 Å². The van der Waals surface area contributed by atoms with Crippen LogP contribution in [0.4, 0.5) is 0 Å². The Bertz CT molecular complexity index is 550. The number of phenolic OH excluding ortho intramolecular Hbond substituents is 1. The quantitative estimate of drug-likeness (QED) is 0.827. The minimum absolute atomic E-state index is 0.252. The van der Waals surface area contributed by atoms with Crippen molar-refractivity contribution in [1.29, 1.82) is 0 Å². The van der Waals surface area contributed by atoms with Crippen molar-refractivity contribution >= 4 is 0 Å². The van der Waals surface area contributed by atoms with Crippen LogP contribution in [-0.2, 0) is 6.42 Å². The van der Waals surface area contributed by atoms with Crippen molar-refractivity contribution in [3.8, 4) is 5.75 Å². The molecular formula is C16H17NO. The summed E-state index contributed by atoms with van der Waals surface area (Å²) in [5.41, 5.74) is 3.86. The van der Waals surface area contributed by atoms with E-state index in [-0.39, 0.29) is 6.04 Å². The van der Waals surface area contributed by atoms with Crippen molar-refractivity contribution in [1.82, 2.24) is 4.90 Å². The van der Waals surface area contributed by atoms with E-state index in [0.717, 1.165) is 13.0 Å². The van der Waals surface area contributed by atoms with Crippen LogP contribution in [0.15, 0.2) is 48.5 Å². The van der Waals surface area contributed by atoms with Gasteiger partial charge in [-0.1, -0.05) is 36.4 Å². The number of likely N-dealkylation sites (N-methyl/N-ethyl adjacent to an activating group) is 1. The van der Waals surface area contributed by atoms with Crippen LogP contribution in [0.2, 0.25) is 0 Å². The molecule has 1 N–H and O–H groups in total. The summed E-state index contributed by atoms with van der Waals surface area (Å²) in [4.78, 5) is 2.34. The highest BCUT2D eigenvalue weighted by molar-refractivity contribution is 5.43. The number of benzene rings is 2. The summed E-state index contributed by atoms with van der Waals surface area (Å²) in [7, 11) is 2.14. The monoisotopic (exact) mass is 239 g/mol. The molecule has 0 aliphatic carbocycles. The number of hydrogen-bond acceptors (Lipinski definition) is 2. The third-order valence-electron chi connectivity index (χ3n) is 3.71. The Labute approximate surface area is 107 Å². The lowest BCUT2D eigenvalue weighted by atomic mass is 9.88. The van der Waals surface area contributed by atoms with Gasteiger partial charge in [-0.2, -0.15) is 0 Å². The average Bonchev–Trinajstić information content (AvgIpc) is 2.39. The lowest BCUT2D eigenvalue weighted by Gasteiger charge is -2.35. The first-order valence-corrected chi connectivity index (χ1v) is 6.32. The molecule has 2 nitrogen and oxygen atoms in total.